The van der Waals surface area contributed by atoms with Crippen molar-refractivity contribution in [1.29, 1.82) is 0 Å². The van der Waals surface area contributed by atoms with E-state index in [1.165, 1.54) is 42.5 Å². The Hall–Kier alpha value is -3.82. The van der Waals surface area contributed by atoms with Crippen LogP contribution in [0.2, 0.25) is 0 Å². The molecule has 10 heteroatoms. The molecule has 0 spiro atoms. The number of carbonyl (C=O) groups excluding carboxylic acids is 2. The summed E-state index contributed by atoms with van der Waals surface area (Å²) in [7, 11) is 1.16. The van der Waals surface area contributed by atoms with E-state index in [-0.39, 0.29) is 23.4 Å². The van der Waals surface area contributed by atoms with E-state index in [1.807, 2.05) is 0 Å². The Morgan fingerprint density at radius 2 is 1.67 bits per heavy atom. The molecule has 10 nitrogen and oxygen atoms in total. The quantitative estimate of drug-likeness (QED) is 0.444. The largest absolute Gasteiger partial charge is 0.467 e. The van der Waals surface area contributed by atoms with E-state index in [4.69, 9.17) is 0 Å². The Kier molecular flexibility index (Phi) is 6.15. The van der Waals surface area contributed by atoms with Crippen molar-refractivity contribution in [3.63, 3.8) is 0 Å². The van der Waals surface area contributed by atoms with Crippen LogP contribution in [0, 0.1) is 20.2 Å². The molecule has 0 saturated heterocycles. The normalized spacial score (nSPS) is 11.3. The smallest absolute Gasteiger partial charge is 0.328 e. The second kappa shape index (κ2) is 8.52. The van der Waals surface area contributed by atoms with Crippen LogP contribution >= 0.6 is 0 Å². The molecule has 1 atom stereocenters. The number of nitrogens with one attached hydrogen (secondary N) is 1. The molecule has 1 amide bonds. The molecule has 2 rings (SSSR count). The Morgan fingerprint density at radius 3 is 2.22 bits per heavy atom. The highest BCUT2D eigenvalue weighted by Gasteiger charge is 2.23. The zero-order valence-corrected chi connectivity index (χ0v) is 14.2. The Labute approximate surface area is 153 Å². The third-order valence-corrected chi connectivity index (χ3v) is 3.70. The molecule has 27 heavy (non-hydrogen) atoms. The van der Waals surface area contributed by atoms with Crippen molar-refractivity contribution < 1.29 is 24.2 Å². The van der Waals surface area contributed by atoms with Gasteiger partial charge in [-0.15, -0.1) is 0 Å². The molecule has 0 saturated carbocycles. The SMILES string of the molecule is COC(=O)[C@@H](Cc1ccc([N+](=O)[O-])cc1)NC(=O)c1cccc([N+](=O)[O-])c1. The zero-order valence-electron chi connectivity index (χ0n) is 14.2. The van der Waals surface area contributed by atoms with Gasteiger partial charge in [0.2, 0.25) is 0 Å². The second-order valence-corrected chi connectivity index (χ2v) is 5.48. The van der Waals surface area contributed by atoms with Crippen LogP contribution in [0.4, 0.5) is 11.4 Å². The molecule has 0 bridgehead atoms. The highest BCUT2D eigenvalue weighted by atomic mass is 16.6. The molecule has 0 heterocycles. The van der Waals surface area contributed by atoms with Crippen molar-refractivity contribution in [2.24, 2.45) is 0 Å². The first kappa shape index (κ1) is 19.5. The van der Waals surface area contributed by atoms with Crippen molar-refractivity contribution in [3.05, 3.63) is 79.9 Å². The molecule has 0 aliphatic rings. The predicted octanol–water partition coefficient (Wildman–Crippen LogP) is 2.02. The Balaban J connectivity index is 2.17. The number of nitro benzene ring substituents is 2. The lowest BCUT2D eigenvalue weighted by Gasteiger charge is -2.16. The van der Waals surface area contributed by atoms with Gasteiger partial charge in [-0.25, -0.2) is 4.79 Å². The van der Waals surface area contributed by atoms with E-state index in [0.717, 1.165) is 13.2 Å². The fourth-order valence-corrected chi connectivity index (χ4v) is 2.33. The number of nitrogens with zero attached hydrogens (tertiary/aromatic N) is 2. The van der Waals surface area contributed by atoms with Gasteiger partial charge in [0.1, 0.15) is 6.04 Å². The number of non-ortho nitro benzene ring substituents is 2. The summed E-state index contributed by atoms with van der Waals surface area (Å²) in [6, 6.07) is 9.50. The number of nitro groups is 2. The molecule has 140 valence electrons. The standard InChI is InChI=1S/C17H15N3O7/c1-27-17(22)15(9-11-5-7-13(8-6-11)19(23)24)18-16(21)12-3-2-4-14(10-12)20(25)26/h2-8,10,15H,9H2,1H3,(H,18,21)/t15-/m1/s1. The summed E-state index contributed by atoms with van der Waals surface area (Å²) < 4.78 is 4.68. The van der Waals surface area contributed by atoms with Gasteiger partial charge in [0.05, 0.1) is 17.0 Å². The number of esters is 1. The zero-order chi connectivity index (χ0) is 20.0. The highest BCUT2D eigenvalue weighted by molar-refractivity contribution is 5.97. The summed E-state index contributed by atoms with van der Waals surface area (Å²) in [6.07, 6.45) is 0.0331. The van der Waals surface area contributed by atoms with Crippen LogP contribution in [0.1, 0.15) is 15.9 Å². The molecule has 2 aromatic carbocycles. The van der Waals surface area contributed by atoms with Gasteiger partial charge in [0, 0.05) is 36.2 Å². The van der Waals surface area contributed by atoms with Gasteiger partial charge in [-0.05, 0) is 11.6 Å². The minimum Gasteiger partial charge on any atom is -0.467 e. The second-order valence-electron chi connectivity index (χ2n) is 5.48. The topological polar surface area (TPSA) is 142 Å². The van der Waals surface area contributed by atoms with Gasteiger partial charge in [-0.2, -0.15) is 0 Å². The molecule has 0 fully saturated rings. The number of benzene rings is 2. The third kappa shape index (κ3) is 5.08. The minimum atomic E-state index is -1.07. The maximum Gasteiger partial charge on any atom is 0.328 e. The molecule has 0 aliphatic carbocycles. The lowest BCUT2D eigenvalue weighted by molar-refractivity contribution is -0.385. The number of hydrogen-bond acceptors (Lipinski definition) is 7. The van der Waals surface area contributed by atoms with E-state index >= 15 is 0 Å². The first-order valence-electron chi connectivity index (χ1n) is 7.68. The van der Waals surface area contributed by atoms with E-state index < -0.39 is 27.8 Å². The average Bonchev–Trinajstić information content (AvgIpc) is 2.67. The summed E-state index contributed by atoms with van der Waals surface area (Å²) in [6.45, 7) is 0. The molecule has 2 aromatic rings. The summed E-state index contributed by atoms with van der Waals surface area (Å²) in [5.74, 6) is -1.40. The number of amides is 1. The van der Waals surface area contributed by atoms with E-state index in [0.29, 0.717) is 5.56 Å². The van der Waals surface area contributed by atoms with Gasteiger partial charge >= 0.3 is 5.97 Å². The number of rotatable bonds is 7. The summed E-state index contributed by atoms with van der Waals surface area (Å²) in [4.78, 5) is 44.7. The molecular weight excluding hydrogens is 358 g/mol. The van der Waals surface area contributed by atoms with Crippen molar-refractivity contribution >= 4 is 23.3 Å². The molecular formula is C17H15N3O7. The molecule has 0 aliphatic heterocycles. The number of ether oxygens (including phenoxy) is 1. The number of carbonyl (C=O) groups is 2. The van der Waals surface area contributed by atoms with Crippen LogP contribution in [-0.2, 0) is 16.0 Å². The van der Waals surface area contributed by atoms with Gasteiger partial charge < -0.3 is 10.1 Å². The molecule has 0 aromatic heterocycles. The maximum absolute atomic E-state index is 12.4. The van der Waals surface area contributed by atoms with Crippen LogP contribution in [0.5, 0.6) is 0 Å². The minimum absolute atomic E-state index is 0.0156. The van der Waals surface area contributed by atoms with Crippen LogP contribution < -0.4 is 5.32 Å². The van der Waals surface area contributed by atoms with Crippen LogP contribution in [-0.4, -0.2) is 34.9 Å². The summed E-state index contributed by atoms with van der Waals surface area (Å²) in [5.41, 5.74) is 0.221. The Morgan fingerprint density at radius 1 is 1.04 bits per heavy atom. The fraction of sp³-hybridized carbons (Fsp3) is 0.176. The molecule has 1 N–H and O–H groups in total. The van der Waals surface area contributed by atoms with Crippen LogP contribution in [0.15, 0.2) is 48.5 Å². The van der Waals surface area contributed by atoms with Crippen molar-refractivity contribution in [2.45, 2.75) is 12.5 Å². The van der Waals surface area contributed by atoms with Crippen molar-refractivity contribution in [2.75, 3.05) is 7.11 Å². The third-order valence-electron chi connectivity index (χ3n) is 3.70. The van der Waals surface area contributed by atoms with Crippen molar-refractivity contribution in [3.8, 4) is 0 Å². The lowest BCUT2D eigenvalue weighted by Crippen LogP contribution is -2.43. The first-order chi connectivity index (χ1) is 12.8. The lowest BCUT2D eigenvalue weighted by atomic mass is 10.0. The predicted molar refractivity (Wildman–Crippen MR) is 93.2 cm³/mol. The molecule has 0 unspecified atom stereocenters. The maximum atomic E-state index is 12.4. The van der Waals surface area contributed by atoms with E-state index in [1.54, 1.807) is 0 Å². The van der Waals surface area contributed by atoms with E-state index in [2.05, 4.69) is 10.1 Å². The van der Waals surface area contributed by atoms with Gasteiger partial charge in [0.25, 0.3) is 17.3 Å². The van der Waals surface area contributed by atoms with Gasteiger partial charge in [-0.3, -0.25) is 25.0 Å². The van der Waals surface area contributed by atoms with Gasteiger partial charge in [-0.1, -0.05) is 18.2 Å². The Bertz CT molecular complexity index is 880. The van der Waals surface area contributed by atoms with Crippen molar-refractivity contribution in [1.82, 2.24) is 5.32 Å². The fourth-order valence-electron chi connectivity index (χ4n) is 2.33. The average molecular weight is 373 g/mol. The van der Waals surface area contributed by atoms with Gasteiger partial charge in [0.15, 0.2) is 0 Å². The number of hydrogen-bond donors (Lipinski definition) is 1. The highest BCUT2D eigenvalue weighted by Crippen LogP contribution is 2.15. The number of methoxy groups -OCH3 is 1. The van der Waals surface area contributed by atoms with Crippen LogP contribution in [0.3, 0.4) is 0 Å². The first-order valence-corrected chi connectivity index (χ1v) is 7.68. The molecule has 0 radical (unpaired) electrons. The van der Waals surface area contributed by atoms with E-state index in [9.17, 15) is 29.8 Å². The summed E-state index contributed by atoms with van der Waals surface area (Å²) in [5, 5.41) is 24.0. The summed E-state index contributed by atoms with van der Waals surface area (Å²) >= 11 is 0. The van der Waals surface area contributed by atoms with Crippen LogP contribution in [0.25, 0.3) is 0 Å². The monoisotopic (exact) mass is 373 g/mol.